The molecule has 0 aliphatic carbocycles. The van der Waals surface area contributed by atoms with Gasteiger partial charge in [0.2, 0.25) is 12.0 Å². The van der Waals surface area contributed by atoms with Gasteiger partial charge in [-0.25, -0.2) is 0 Å². The maximum Gasteiger partial charge on any atom is 0.229 e. The average Bonchev–Trinajstić information content (AvgIpc) is 3.02. The van der Waals surface area contributed by atoms with Crippen molar-refractivity contribution in [3.05, 3.63) is 71.3 Å². The molecule has 0 spiro atoms. The minimum absolute atomic E-state index is 0.233. The Labute approximate surface area is 244 Å². The quantitative estimate of drug-likeness (QED) is 0.233. The van der Waals surface area contributed by atoms with Crippen LogP contribution < -0.4 is 28.4 Å². The zero-order valence-electron chi connectivity index (χ0n) is 23.8. The number of benzene rings is 3. The van der Waals surface area contributed by atoms with E-state index in [-0.39, 0.29) is 6.61 Å². The fourth-order valence-corrected chi connectivity index (χ4v) is 4.42. The van der Waals surface area contributed by atoms with Gasteiger partial charge in [-0.05, 0) is 53.1 Å². The minimum atomic E-state index is -1.52. The predicted molar refractivity (Wildman–Crippen MR) is 153 cm³/mol. The normalized spacial score (nSPS) is 22.0. The number of methoxy groups -OCH3 is 4. The van der Waals surface area contributed by atoms with Crippen LogP contribution in [0.3, 0.4) is 0 Å². The summed E-state index contributed by atoms with van der Waals surface area (Å²) < 4.78 is 38.8. The van der Waals surface area contributed by atoms with E-state index in [1.807, 2.05) is 42.5 Å². The molecule has 0 unspecified atom stereocenters. The highest BCUT2D eigenvalue weighted by Gasteiger charge is 2.44. The third kappa shape index (κ3) is 7.07. The number of ether oxygens (including phenoxy) is 7. The van der Waals surface area contributed by atoms with Crippen LogP contribution in [0, 0.1) is 0 Å². The Morgan fingerprint density at radius 1 is 0.690 bits per heavy atom. The monoisotopic (exact) mass is 584 g/mol. The largest absolute Gasteiger partial charge is 0.493 e. The molecule has 11 nitrogen and oxygen atoms in total. The van der Waals surface area contributed by atoms with Gasteiger partial charge in [0.1, 0.15) is 36.8 Å². The number of hydrogen-bond acceptors (Lipinski definition) is 11. The van der Waals surface area contributed by atoms with Crippen LogP contribution in [0.25, 0.3) is 12.2 Å². The van der Waals surface area contributed by atoms with Gasteiger partial charge in [-0.3, -0.25) is 0 Å². The number of aliphatic hydroxyl groups is 4. The molecular formula is C31H36O11. The Morgan fingerprint density at radius 3 is 1.90 bits per heavy atom. The first-order chi connectivity index (χ1) is 20.3. The van der Waals surface area contributed by atoms with Crippen molar-refractivity contribution in [2.75, 3.05) is 35.0 Å². The summed E-state index contributed by atoms with van der Waals surface area (Å²) in [4.78, 5) is 0. The van der Waals surface area contributed by atoms with Crippen LogP contribution in [0.1, 0.15) is 16.7 Å². The summed E-state index contributed by atoms with van der Waals surface area (Å²) in [7, 11) is 6.26. The highest BCUT2D eigenvalue weighted by molar-refractivity contribution is 5.73. The summed E-state index contributed by atoms with van der Waals surface area (Å²) in [6.45, 7) is -0.302. The van der Waals surface area contributed by atoms with Gasteiger partial charge < -0.3 is 53.6 Å². The molecule has 0 radical (unpaired) electrons. The lowest BCUT2D eigenvalue weighted by Crippen LogP contribution is -2.60. The van der Waals surface area contributed by atoms with Gasteiger partial charge in [0.15, 0.2) is 23.0 Å². The minimum Gasteiger partial charge on any atom is -0.493 e. The van der Waals surface area contributed by atoms with Crippen molar-refractivity contribution in [3.8, 4) is 34.5 Å². The molecule has 3 aromatic rings. The van der Waals surface area contributed by atoms with Gasteiger partial charge in [-0.15, -0.1) is 0 Å². The second-order valence-corrected chi connectivity index (χ2v) is 9.45. The van der Waals surface area contributed by atoms with Crippen LogP contribution in [0.5, 0.6) is 34.5 Å². The molecule has 0 amide bonds. The summed E-state index contributed by atoms with van der Waals surface area (Å²) in [6.07, 6.45) is -2.93. The summed E-state index contributed by atoms with van der Waals surface area (Å²) in [5, 5.41) is 39.5. The molecule has 0 bridgehead atoms. The van der Waals surface area contributed by atoms with Crippen molar-refractivity contribution in [2.24, 2.45) is 0 Å². The van der Waals surface area contributed by atoms with E-state index in [1.54, 1.807) is 52.7 Å². The lowest BCUT2D eigenvalue weighted by atomic mass is 9.99. The van der Waals surface area contributed by atoms with Gasteiger partial charge in [0.05, 0.1) is 35.0 Å². The molecule has 42 heavy (non-hydrogen) atoms. The molecule has 11 heteroatoms. The van der Waals surface area contributed by atoms with Crippen molar-refractivity contribution in [1.82, 2.24) is 0 Å². The highest BCUT2D eigenvalue weighted by Crippen LogP contribution is 2.39. The molecule has 3 aromatic carbocycles. The molecule has 4 N–H and O–H groups in total. The standard InChI is InChI=1S/C31H36O11/c1-36-22-12-9-18(5-6-20-14-24(37-2)30(39-4)25(15-20)38-3)13-23(22)40-17-19-7-10-21(11-8-19)41-31-29(35)28(34)27(33)26(16-32)42-31/h5-15,26-29,31-35H,16-17H2,1-4H3/b6-5-/t26-,27+,28+,29-,31-/m1/s1. The topological polar surface area (TPSA) is 146 Å². The Balaban J connectivity index is 1.42. The van der Waals surface area contributed by atoms with Crippen LogP contribution in [-0.2, 0) is 11.3 Å². The maximum atomic E-state index is 10.2. The van der Waals surface area contributed by atoms with E-state index < -0.39 is 37.3 Å². The molecule has 1 heterocycles. The fraction of sp³-hybridized carbons (Fsp3) is 0.355. The molecule has 5 atom stereocenters. The van der Waals surface area contributed by atoms with Crippen molar-refractivity contribution in [2.45, 2.75) is 37.3 Å². The van der Waals surface area contributed by atoms with E-state index in [9.17, 15) is 20.4 Å². The highest BCUT2D eigenvalue weighted by atomic mass is 16.7. The number of hydrogen-bond donors (Lipinski definition) is 4. The van der Waals surface area contributed by atoms with Crippen molar-refractivity contribution >= 4 is 12.2 Å². The van der Waals surface area contributed by atoms with Crippen molar-refractivity contribution < 1.29 is 53.6 Å². The molecule has 0 aromatic heterocycles. The Morgan fingerprint density at radius 2 is 1.31 bits per heavy atom. The zero-order valence-corrected chi connectivity index (χ0v) is 23.8. The Kier molecular flexibility index (Phi) is 10.5. The summed E-state index contributed by atoms with van der Waals surface area (Å²) in [5.74, 6) is 3.11. The van der Waals surface area contributed by atoms with Crippen molar-refractivity contribution in [1.29, 1.82) is 0 Å². The molecule has 0 saturated carbocycles. The van der Waals surface area contributed by atoms with E-state index >= 15 is 0 Å². The molecule has 1 saturated heterocycles. The van der Waals surface area contributed by atoms with Gasteiger partial charge >= 0.3 is 0 Å². The first-order valence-electron chi connectivity index (χ1n) is 13.2. The second kappa shape index (κ2) is 14.3. The van der Waals surface area contributed by atoms with Crippen LogP contribution in [0.2, 0.25) is 0 Å². The SMILES string of the molecule is COc1ccc(/C=C\c2cc(OC)c(OC)c(OC)c2)cc1OCc1ccc(O[C@@H]2O[C@H](CO)[C@H](O)[C@H](O)[C@H]2O)cc1. The summed E-state index contributed by atoms with van der Waals surface area (Å²) in [5.41, 5.74) is 2.56. The molecule has 1 aliphatic heterocycles. The molecule has 226 valence electrons. The van der Waals surface area contributed by atoms with Crippen LogP contribution in [-0.4, -0.2) is 86.2 Å². The molecule has 1 fully saturated rings. The zero-order chi connectivity index (χ0) is 30.2. The van der Waals surface area contributed by atoms with Gasteiger partial charge in [-0.1, -0.05) is 30.4 Å². The number of aliphatic hydroxyl groups excluding tert-OH is 4. The van der Waals surface area contributed by atoms with E-state index in [2.05, 4.69) is 0 Å². The van der Waals surface area contributed by atoms with Crippen molar-refractivity contribution in [3.63, 3.8) is 0 Å². The van der Waals surface area contributed by atoms with E-state index in [0.29, 0.717) is 34.5 Å². The third-order valence-electron chi connectivity index (χ3n) is 6.76. The van der Waals surface area contributed by atoms with Gasteiger partial charge in [0, 0.05) is 0 Å². The first kappa shape index (κ1) is 30.9. The molecular weight excluding hydrogens is 548 g/mol. The van der Waals surface area contributed by atoms with Crippen LogP contribution >= 0.6 is 0 Å². The third-order valence-corrected chi connectivity index (χ3v) is 6.76. The fourth-order valence-electron chi connectivity index (χ4n) is 4.42. The predicted octanol–water partition coefficient (Wildman–Crippen LogP) is 2.65. The average molecular weight is 585 g/mol. The molecule has 1 aliphatic rings. The van der Waals surface area contributed by atoms with Gasteiger partial charge in [0.25, 0.3) is 0 Å². The van der Waals surface area contributed by atoms with E-state index in [0.717, 1.165) is 16.7 Å². The Hall–Kier alpha value is -4.00. The number of rotatable bonds is 12. The smallest absolute Gasteiger partial charge is 0.229 e. The van der Waals surface area contributed by atoms with Gasteiger partial charge in [-0.2, -0.15) is 0 Å². The summed E-state index contributed by atoms with van der Waals surface area (Å²) >= 11 is 0. The maximum absolute atomic E-state index is 10.2. The first-order valence-corrected chi connectivity index (χ1v) is 13.2. The lowest BCUT2D eigenvalue weighted by Gasteiger charge is -2.39. The van der Waals surface area contributed by atoms with Crippen LogP contribution in [0.15, 0.2) is 54.6 Å². The lowest BCUT2D eigenvalue weighted by molar-refractivity contribution is -0.277. The summed E-state index contributed by atoms with van der Waals surface area (Å²) in [6, 6.07) is 16.2. The van der Waals surface area contributed by atoms with E-state index in [1.165, 1.54) is 0 Å². The Bertz CT molecular complexity index is 1310. The van der Waals surface area contributed by atoms with E-state index in [4.69, 9.17) is 33.2 Å². The second-order valence-electron chi connectivity index (χ2n) is 9.45. The molecule has 4 rings (SSSR count). The van der Waals surface area contributed by atoms with Crippen LogP contribution in [0.4, 0.5) is 0 Å².